The molecular formula is C25H25F3N4O3S. The van der Waals surface area contributed by atoms with Crippen LogP contribution in [0, 0.1) is 0 Å². The number of alkyl halides is 3. The van der Waals surface area contributed by atoms with Crippen LogP contribution in [0.5, 0.6) is 0 Å². The lowest BCUT2D eigenvalue weighted by Gasteiger charge is -2.40. The van der Waals surface area contributed by atoms with Crippen LogP contribution in [0.25, 0.3) is 0 Å². The van der Waals surface area contributed by atoms with Crippen molar-refractivity contribution in [1.29, 1.82) is 0 Å². The second-order valence-electron chi connectivity index (χ2n) is 8.44. The maximum atomic E-state index is 13.8. The Morgan fingerprint density at radius 2 is 1.72 bits per heavy atom. The first-order valence-electron chi connectivity index (χ1n) is 11.3. The lowest BCUT2D eigenvalue weighted by molar-refractivity contribution is -0.137. The minimum atomic E-state index is -4.61. The van der Waals surface area contributed by atoms with Gasteiger partial charge in [0, 0.05) is 31.4 Å². The van der Waals surface area contributed by atoms with E-state index in [1.54, 1.807) is 36.1 Å². The van der Waals surface area contributed by atoms with Crippen molar-refractivity contribution in [3.8, 4) is 0 Å². The highest BCUT2D eigenvalue weighted by Crippen LogP contribution is 2.41. The van der Waals surface area contributed by atoms with E-state index in [0.29, 0.717) is 43.3 Å². The van der Waals surface area contributed by atoms with Gasteiger partial charge in [-0.05, 0) is 49.0 Å². The van der Waals surface area contributed by atoms with Crippen molar-refractivity contribution in [3.63, 3.8) is 0 Å². The van der Waals surface area contributed by atoms with Crippen molar-refractivity contribution < 1.29 is 27.5 Å². The molecule has 2 amide bonds. The number of carbonyl (C=O) groups is 2. The number of rotatable bonds is 4. The average Bonchev–Trinajstić information content (AvgIpc) is 2.84. The van der Waals surface area contributed by atoms with Gasteiger partial charge in [0.1, 0.15) is 0 Å². The molecular weight excluding hydrogens is 493 g/mol. The van der Waals surface area contributed by atoms with Gasteiger partial charge in [0.05, 0.1) is 36.1 Å². The summed E-state index contributed by atoms with van der Waals surface area (Å²) in [6, 6.07) is 11.3. The van der Waals surface area contributed by atoms with Crippen molar-refractivity contribution in [2.45, 2.75) is 26.1 Å². The Kier molecular flexibility index (Phi) is 7.32. The molecule has 2 N–H and O–H groups in total. The van der Waals surface area contributed by atoms with E-state index >= 15 is 0 Å². The minimum Gasteiger partial charge on any atom is -0.378 e. The lowest BCUT2D eigenvalue weighted by atomic mass is 9.93. The molecule has 2 aliphatic rings. The third kappa shape index (κ3) is 5.21. The first-order chi connectivity index (χ1) is 17.1. The molecule has 0 spiro atoms. The molecule has 2 heterocycles. The minimum absolute atomic E-state index is 0.0404. The standard InChI is InChI=1S/C25H25F3N4O3S/c1-15-21(23(34)31-11-13-35-14-12-31)22(17-7-9-18(10-8-17)29-16(2)33)30-24(36)32(15)20-6-4-3-5-19(20)25(26,27)28/h3-10,22H,11-14H2,1-2H3,(H,29,33)(H,30,36)/t22-/m0/s1. The summed E-state index contributed by atoms with van der Waals surface area (Å²) in [6.45, 7) is 4.49. The fourth-order valence-electron chi connectivity index (χ4n) is 4.37. The molecule has 2 aliphatic heterocycles. The van der Waals surface area contributed by atoms with Gasteiger partial charge in [-0.2, -0.15) is 13.2 Å². The molecule has 1 fully saturated rings. The van der Waals surface area contributed by atoms with Crippen LogP contribution >= 0.6 is 12.2 Å². The molecule has 7 nitrogen and oxygen atoms in total. The number of carbonyl (C=O) groups excluding carboxylic acids is 2. The van der Waals surface area contributed by atoms with Gasteiger partial charge in [-0.3, -0.25) is 14.5 Å². The molecule has 0 bridgehead atoms. The summed E-state index contributed by atoms with van der Waals surface area (Å²) in [5, 5.41) is 5.81. The number of nitrogens with one attached hydrogen (secondary N) is 2. The zero-order valence-electron chi connectivity index (χ0n) is 19.7. The van der Waals surface area contributed by atoms with E-state index in [0.717, 1.165) is 6.07 Å². The normalized spacial score (nSPS) is 18.7. The highest BCUT2D eigenvalue weighted by atomic mass is 32.1. The zero-order chi connectivity index (χ0) is 26.0. The fourth-order valence-corrected chi connectivity index (χ4v) is 4.72. The summed E-state index contributed by atoms with van der Waals surface area (Å²) < 4.78 is 46.9. The van der Waals surface area contributed by atoms with Gasteiger partial charge in [0.25, 0.3) is 5.91 Å². The molecule has 0 aliphatic carbocycles. The number of hydrogen-bond acceptors (Lipinski definition) is 4. The molecule has 4 rings (SSSR count). The number of nitrogens with zero attached hydrogens (tertiary/aromatic N) is 2. The maximum Gasteiger partial charge on any atom is 0.418 e. The molecule has 36 heavy (non-hydrogen) atoms. The van der Waals surface area contributed by atoms with Gasteiger partial charge in [-0.25, -0.2) is 0 Å². The van der Waals surface area contributed by atoms with Crippen LogP contribution in [0.4, 0.5) is 24.5 Å². The number of halogens is 3. The number of amides is 2. The van der Waals surface area contributed by atoms with E-state index in [1.165, 1.54) is 30.0 Å². The third-order valence-corrected chi connectivity index (χ3v) is 6.33. The first-order valence-corrected chi connectivity index (χ1v) is 11.7. The Bertz CT molecular complexity index is 1210. The number of allylic oxidation sites excluding steroid dienone is 1. The number of ether oxygens (including phenoxy) is 1. The van der Waals surface area contributed by atoms with Gasteiger partial charge < -0.3 is 20.3 Å². The molecule has 11 heteroatoms. The predicted octanol–water partition coefficient (Wildman–Crippen LogP) is 4.23. The van der Waals surface area contributed by atoms with Gasteiger partial charge in [-0.15, -0.1) is 0 Å². The quantitative estimate of drug-likeness (QED) is 0.591. The first kappa shape index (κ1) is 25.6. The summed E-state index contributed by atoms with van der Waals surface area (Å²) in [5.74, 6) is -0.533. The predicted molar refractivity (Wildman–Crippen MR) is 133 cm³/mol. The summed E-state index contributed by atoms with van der Waals surface area (Å²) in [6.07, 6.45) is -4.61. The van der Waals surface area contributed by atoms with Crippen molar-refractivity contribution >= 4 is 40.5 Å². The molecule has 0 unspecified atom stereocenters. The molecule has 190 valence electrons. The largest absolute Gasteiger partial charge is 0.418 e. The Morgan fingerprint density at radius 3 is 2.33 bits per heavy atom. The maximum absolute atomic E-state index is 13.8. The molecule has 2 aromatic carbocycles. The van der Waals surface area contributed by atoms with E-state index in [2.05, 4.69) is 10.6 Å². The SMILES string of the molecule is CC(=O)Nc1ccc([C@@H]2NC(=S)N(c3ccccc3C(F)(F)F)C(C)=C2C(=O)N2CCOCC2)cc1. The Balaban J connectivity index is 1.83. The van der Waals surface area contributed by atoms with Gasteiger partial charge in [0.15, 0.2) is 5.11 Å². The van der Waals surface area contributed by atoms with Crippen LogP contribution < -0.4 is 15.5 Å². The molecule has 1 saturated heterocycles. The van der Waals surface area contributed by atoms with Crippen molar-refractivity contribution in [2.24, 2.45) is 0 Å². The molecule has 2 aromatic rings. The van der Waals surface area contributed by atoms with Crippen molar-refractivity contribution in [3.05, 3.63) is 70.9 Å². The second kappa shape index (κ2) is 10.3. The van der Waals surface area contributed by atoms with Crippen LogP contribution in [0.2, 0.25) is 0 Å². The Morgan fingerprint density at radius 1 is 1.08 bits per heavy atom. The monoisotopic (exact) mass is 518 g/mol. The average molecular weight is 519 g/mol. The number of benzene rings is 2. The van der Waals surface area contributed by atoms with Crippen LogP contribution in [-0.2, 0) is 20.5 Å². The van der Waals surface area contributed by atoms with Gasteiger partial charge >= 0.3 is 6.18 Å². The number of para-hydroxylation sites is 1. The summed E-state index contributed by atoms with van der Waals surface area (Å²) in [7, 11) is 0. The number of morpholine rings is 1. The summed E-state index contributed by atoms with van der Waals surface area (Å²) in [5.41, 5.74) is 0.826. The third-order valence-electron chi connectivity index (χ3n) is 6.03. The van der Waals surface area contributed by atoms with Gasteiger partial charge in [0.2, 0.25) is 5.91 Å². The van der Waals surface area contributed by atoms with E-state index in [9.17, 15) is 22.8 Å². The van der Waals surface area contributed by atoms with Crippen LogP contribution in [-0.4, -0.2) is 48.1 Å². The molecule has 0 radical (unpaired) electrons. The lowest BCUT2D eigenvalue weighted by Crippen LogP contribution is -2.51. The van der Waals surface area contributed by atoms with Crippen LogP contribution in [0.3, 0.4) is 0 Å². The fraction of sp³-hybridized carbons (Fsp3) is 0.320. The molecule has 1 atom stereocenters. The number of hydrogen-bond donors (Lipinski definition) is 2. The van der Waals surface area contributed by atoms with E-state index in [4.69, 9.17) is 17.0 Å². The molecule has 0 aromatic heterocycles. The Labute approximate surface area is 211 Å². The van der Waals surface area contributed by atoms with Crippen molar-refractivity contribution in [2.75, 3.05) is 36.5 Å². The highest BCUT2D eigenvalue weighted by Gasteiger charge is 2.40. The highest BCUT2D eigenvalue weighted by molar-refractivity contribution is 7.80. The van der Waals surface area contributed by atoms with Crippen LogP contribution in [0.1, 0.15) is 31.0 Å². The number of anilines is 2. The van der Waals surface area contributed by atoms with E-state index in [-0.39, 0.29) is 28.2 Å². The number of thiocarbonyl (C=S) groups is 1. The van der Waals surface area contributed by atoms with Gasteiger partial charge in [-0.1, -0.05) is 24.3 Å². The Hall–Kier alpha value is -3.44. The summed E-state index contributed by atoms with van der Waals surface area (Å²) in [4.78, 5) is 28.0. The molecule has 0 saturated carbocycles. The smallest absolute Gasteiger partial charge is 0.378 e. The second-order valence-corrected chi connectivity index (χ2v) is 8.83. The van der Waals surface area contributed by atoms with E-state index < -0.39 is 17.8 Å². The van der Waals surface area contributed by atoms with Crippen molar-refractivity contribution in [1.82, 2.24) is 10.2 Å². The van der Waals surface area contributed by atoms with E-state index in [1.807, 2.05) is 0 Å². The van der Waals surface area contributed by atoms with Crippen LogP contribution in [0.15, 0.2) is 59.8 Å². The topological polar surface area (TPSA) is 73.9 Å². The summed E-state index contributed by atoms with van der Waals surface area (Å²) >= 11 is 5.54. The zero-order valence-corrected chi connectivity index (χ0v) is 20.5.